The first-order valence-electron chi connectivity index (χ1n) is 11.1. The van der Waals surface area contributed by atoms with Crippen molar-refractivity contribution in [2.45, 2.75) is 33.1 Å². The molecule has 3 nitrogen and oxygen atoms in total. The number of piperazine rings is 1. The highest BCUT2D eigenvalue weighted by Crippen LogP contribution is 2.31. The third kappa shape index (κ3) is 5.36. The van der Waals surface area contributed by atoms with Gasteiger partial charge in [-0.2, -0.15) is 0 Å². The summed E-state index contributed by atoms with van der Waals surface area (Å²) in [6.45, 7) is 9.80. The normalized spacial score (nSPS) is 17.1. The SMILES string of the molecule is CCN1CCNCC1c1ccc(COCc2ccc(Cl)c(-c3ccccc3C)c2)cc1. The molecular formula is C27H31ClN2O. The maximum atomic E-state index is 6.48. The molecule has 1 aliphatic heterocycles. The van der Waals surface area contributed by atoms with Crippen LogP contribution in [0.2, 0.25) is 5.02 Å². The Morgan fingerprint density at radius 2 is 1.71 bits per heavy atom. The molecule has 0 radical (unpaired) electrons. The molecule has 0 amide bonds. The van der Waals surface area contributed by atoms with Gasteiger partial charge in [0.05, 0.1) is 13.2 Å². The van der Waals surface area contributed by atoms with Crippen LogP contribution in [0.1, 0.15) is 35.2 Å². The molecule has 162 valence electrons. The fourth-order valence-corrected chi connectivity index (χ4v) is 4.54. The van der Waals surface area contributed by atoms with E-state index in [0.717, 1.165) is 42.3 Å². The van der Waals surface area contributed by atoms with Crippen molar-refractivity contribution < 1.29 is 4.74 Å². The van der Waals surface area contributed by atoms with E-state index in [-0.39, 0.29) is 0 Å². The predicted molar refractivity (Wildman–Crippen MR) is 129 cm³/mol. The summed E-state index contributed by atoms with van der Waals surface area (Å²) in [5.41, 5.74) is 7.15. The monoisotopic (exact) mass is 434 g/mol. The predicted octanol–water partition coefficient (Wildman–Crippen LogP) is 6.00. The van der Waals surface area contributed by atoms with E-state index in [1.54, 1.807) is 0 Å². The van der Waals surface area contributed by atoms with Crippen molar-refractivity contribution in [3.05, 3.63) is 94.0 Å². The van der Waals surface area contributed by atoms with Crippen LogP contribution < -0.4 is 5.32 Å². The molecule has 3 aromatic carbocycles. The molecule has 0 aromatic heterocycles. The second kappa shape index (κ2) is 10.4. The minimum atomic E-state index is 0.461. The molecule has 1 saturated heterocycles. The van der Waals surface area contributed by atoms with E-state index >= 15 is 0 Å². The second-order valence-corrected chi connectivity index (χ2v) is 8.62. The van der Waals surface area contributed by atoms with Crippen molar-refractivity contribution in [3.8, 4) is 11.1 Å². The van der Waals surface area contributed by atoms with Crippen LogP contribution in [0.3, 0.4) is 0 Å². The maximum Gasteiger partial charge on any atom is 0.0721 e. The summed E-state index contributed by atoms with van der Waals surface area (Å²) < 4.78 is 6.03. The van der Waals surface area contributed by atoms with Gasteiger partial charge < -0.3 is 10.1 Å². The molecule has 1 heterocycles. The van der Waals surface area contributed by atoms with Crippen molar-refractivity contribution in [2.24, 2.45) is 0 Å². The quantitative estimate of drug-likeness (QED) is 0.493. The van der Waals surface area contributed by atoms with E-state index in [1.165, 1.54) is 22.3 Å². The lowest BCUT2D eigenvalue weighted by molar-refractivity contribution is 0.107. The van der Waals surface area contributed by atoms with Crippen LogP contribution in [0.4, 0.5) is 0 Å². The first-order valence-corrected chi connectivity index (χ1v) is 11.5. The zero-order valence-corrected chi connectivity index (χ0v) is 19.2. The number of aryl methyl sites for hydroxylation is 1. The minimum Gasteiger partial charge on any atom is -0.372 e. The molecule has 0 aliphatic carbocycles. The number of ether oxygens (including phenoxy) is 1. The Hall–Kier alpha value is -2.17. The topological polar surface area (TPSA) is 24.5 Å². The second-order valence-electron chi connectivity index (χ2n) is 8.21. The van der Waals surface area contributed by atoms with Gasteiger partial charge in [0.1, 0.15) is 0 Å². The average molecular weight is 435 g/mol. The van der Waals surface area contributed by atoms with E-state index < -0.39 is 0 Å². The Morgan fingerprint density at radius 1 is 0.968 bits per heavy atom. The first-order chi connectivity index (χ1) is 15.2. The van der Waals surface area contributed by atoms with Gasteiger partial charge in [-0.25, -0.2) is 0 Å². The molecule has 3 aromatic rings. The summed E-state index contributed by atoms with van der Waals surface area (Å²) in [5, 5.41) is 4.28. The van der Waals surface area contributed by atoms with Crippen LogP contribution in [0.5, 0.6) is 0 Å². The molecule has 0 saturated carbocycles. The fraction of sp³-hybridized carbons (Fsp3) is 0.333. The summed E-state index contributed by atoms with van der Waals surface area (Å²) in [6.07, 6.45) is 0. The number of nitrogens with one attached hydrogen (secondary N) is 1. The summed E-state index contributed by atoms with van der Waals surface area (Å²) in [5.74, 6) is 0. The van der Waals surface area contributed by atoms with Crippen molar-refractivity contribution in [1.82, 2.24) is 10.2 Å². The number of halogens is 1. The minimum absolute atomic E-state index is 0.461. The number of benzene rings is 3. The summed E-state index contributed by atoms with van der Waals surface area (Å²) >= 11 is 6.48. The van der Waals surface area contributed by atoms with Crippen molar-refractivity contribution >= 4 is 11.6 Å². The zero-order valence-electron chi connectivity index (χ0n) is 18.4. The average Bonchev–Trinajstić information content (AvgIpc) is 2.81. The first kappa shape index (κ1) is 22.0. The van der Waals surface area contributed by atoms with Gasteiger partial charge in [-0.3, -0.25) is 4.90 Å². The van der Waals surface area contributed by atoms with E-state index in [2.05, 4.69) is 78.7 Å². The molecule has 1 atom stereocenters. The molecular weight excluding hydrogens is 404 g/mol. The Labute approximate surface area is 191 Å². The van der Waals surface area contributed by atoms with Crippen LogP contribution in [0.15, 0.2) is 66.7 Å². The fourth-order valence-electron chi connectivity index (χ4n) is 4.32. The summed E-state index contributed by atoms with van der Waals surface area (Å²) in [6, 6.07) is 23.8. The highest BCUT2D eigenvalue weighted by molar-refractivity contribution is 6.33. The number of rotatable bonds is 7. The van der Waals surface area contributed by atoms with Crippen molar-refractivity contribution in [1.29, 1.82) is 0 Å². The van der Waals surface area contributed by atoms with Gasteiger partial charge in [0, 0.05) is 36.3 Å². The molecule has 1 fully saturated rings. The van der Waals surface area contributed by atoms with Gasteiger partial charge >= 0.3 is 0 Å². The van der Waals surface area contributed by atoms with Gasteiger partial charge in [0.15, 0.2) is 0 Å². The van der Waals surface area contributed by atoms with Crippen LogP contribution in [0, 0.1) is 6.92 Å². The Kier molecular flexibility index (Phi) is 7.41. The van der Waals surface area contributed by atoms with E-state index in [9.17, 15) is 0 Å². The molecule has 0 spiro atoms. The smallest absolute Gasteiger partial charge is 0.0721 e. The molecule has 0 bridgehead atoms. The molecule has 31 heavy (non-hydrogen) atoms. The molecule has 1 unspecified atom stereocenters. The van der Waals surface area contributed by atoms with Crippen LogP contribution in [-0.4, -0.2) is 31.1 Å². The van der Waals surface area contributed by atoms with Gasteiger partial charge in [-0.05, 0) is 53.4 Å². The van der Waals surface area contributed by atoms with E-state index in [0.29, 0.717) is 19.3 Å². The summed E-state index contributed by atoms with van der Waals surface area (Å²) in [7, 11) is 0. The Balaban J connectivity index is 1.37. The lowest BCUT2D eigenvalue weighted by atomic mass is 9.99. The van der Waals surface area contributed by atoms with Crippen LogP contribution in [0.25, 0.3) is 11.1 Å². The molecule has 1 aliphatic rings. The lowest BCUT2D eigenvalue weighted by Crippen LogP contribution is -2.45. The van der Waals surface area contributed by atoms with Crippen molar-refractivity contribution in [3.63, 3.8) is 0 Å². The number of hydrogen-bond acceptors (Lipinski definition) is 3. The highest BCUT2D eigenvalue weighted by Gasteiger charge is 2.21. The third-order valence-electron chi connectivity index (χ3n) is 6.13. The van der Waals surface area contributed by atoms with Gasteiger partial charge in [0.2, 0.25) is 0 Å². The maximum absolute atomic E-state index is 6.48. The highest BCUT2D eigenvalue weighted by atomic mass is 35.5. The Morgan fingerprint density at radius 3 is 2.48 bits per heavy atom. The molecule has 4 heteroatoms. The number of likely N-dealkylation sites (N-methyl/N-ethyl adjacent to an activating group) is 1. The van der Waals surface area contributed by atoms with E-state index in [1.807, 2.05) is 12.1 Å². The third-order valence-corrected chi connectivity index (χ3v) is 6.46. The molecule has 1 N–H and O–H groups in total. The zero-order chi connectivity index (χ0) is 21.6. The number of nitrogens with zero attached hydrogens (tertiary/aromatic N) is 1. The number of hydrogen-bond donors (Lipinski definition) is 1. The van der Waals surface area contributed by atoms with Crippen molar-refractivity contribution in [2.75, 3.05) is 26.2 Å². The van der Waals surface area contributed by atoms with Gasteiger partial charge in [0.25, 0.3) is 0 Å². The van der Waals surface area contributed by atoms with Crippen LogP contribution >= 0.6 is 11.6 Å². The standard InChI is InChI=1S/C27H31ClN2O/c1-3-30-15-14-29-17-27(30)23-11-8-21(9-12-23)18-31-19-22-10-13-26(28)25(16-22)24-7-5-4-6-20(24)2/h4-13,16,27,29H,3,14-15,17-19H2,1-2H3. The van der Waals surface area contributed by atoms with E-state index in [4.69, 9.17) is 16.3 Å². The van der Waals surface area contributed by atoms with Crippen LogP contribution in [-0.2, 0) is 18.0 Å². The lowest BCUT2D eigenvalue weighted by Gasteiger charge is -2.35. The largest absolute Gasteiger partial charge is 0.372 e. The van der Waals surface area contributed by atoms with Gasteiger partial charge in [-0.1, -0.05) is 73.1 Å². The molecule has 4 rings (SSSR count). The Bertz CT molecular complexity index is 1000. The summed E-state index contributed by atoms with van der Waals surface area (Å²) in [4.78, 5) is 2.54. The van der Waals surface area contributed by atoms with Gasteiger partial charge in [-0.15, -0.1) is 0 Å².